The van der Waals surface area contributed by atoms with Crippen LogP contribution in [0.25, 0.3) is 0 Å². The van der Waals surface area contributed by atoms with Gasteiger partial charge in [0.1, 0.15) is 0 Å². The molecular formula is C10H10ClF3N2O3. The molecule has 2 N–H and O–H groups in total. The molecule has 0 radical (unpaired) electrons. The topological polar surface area (TPSA) is 71.5 Å². The van der Waals surface area contributed by atoms with E-state index < -0.39 is 12.1 Å². The molecule has 0 saturated carbocycles. The Labute approximate surface area is 111 Å². The van der Waals surface area contributed by atoms with Gasteiger partial charge in [-0.25, -0.2) is 4.79 Å². The van der Waals surface area contributed by atoms with E-state index in [1.807, 2.05) is 12.1 Å². The van der Waals surface area contributed by atoms with Gasteiger partial charge in [0.25, 0.3) is 0 Å². The zero-order valence-electron chi connectivity index (χ0n) is 9.45. The lowest BCUT2D eigenvalue weighted by Gasteiger charge is -2.06. The van der Waals surface area contributed by atoms with E-state index in [4.69, 9.17) is 26.3 Å². The van der Waals surface area contributed by atoms with E-state index in [1.54, 1.807) is 6.20 Å². The van der Waals surface area contributed by atoms with Crippen molar-refractivity contribution in [3.63, 3.8) is 0 Å². The van der Waals surface area contributed by atoms with E-state index in [0.717, 1.165) is 18.7 Å². The molecule has 1 saturated heterocycles. The second kappa shape index (κ2) is 6.69. The van der Waals surface area contributed by atoms with Crippen LogP contribution >= 0.6 is 11.6 Å². The highest BCUT2D eigenvalue weighted by Gasteiger charge is 2.38. The summed E-state index contributed by atoms with van der Waals surface area (Å²) in [7, 11) is 0. The molecule has 19 heavy (non-hydrogen) atoms. The number of alkyl halides is 3. The molecule has 1 aliphatic rings. The van der Waals surface area contributed by atoms with Crippen LogP contribution in [0.2, 0.25) is 5.02 Å². The number of halogens is 4. The van der Waals surface area contributed by atoms with Gasteiger partial charge in [0.2, 0.25) is 0 Å². The minimum atomic E-state index is -5.08. The molecule has 9 heteroatoms. The Morgan fingerprint density at radius 2 is 2.16 bits per heavy atom. The quantitative estimate of drug-likeness (QED) is 0.832. The molecule has 0 aliphatic carbocycles. The van der Waals surface area contributed by atoms with Crippen LogP contribution in [-0.2, 0) is 9.63 Å². The van der Waals surface area contributed by atoms with Crippen LogP contribution in [0.1, 0.15) is 18.2 Å². The lowest BCUT2D eigenvalue weighted by molar-refractivity contribution is -0.192. The van der Waals surface area contributed by atoms with Crippen LogP contribution < -0.4 is 5.48 Å². The van der Waals surface area contributed by atoms with E-state index in [9.17, 15) is 13.2 Å². The average molecular weight is 299 g/mol. The number of hydrogen-bond acceptors (Lipinski definition) is 4. The minimum absolute atomic E-state index is 0.224. The number of nitrogens with one attached hydrogen (secondary N) is 1. The number of pyridine rings is 1. The van der Waals surface area contributed by atoms with E-state index in [-0.39, 0.29) is 6.04 Å². The molecule has 1 aliphatic heterocycles. The number of carboxylic acid groups (broad SMARTS) is 1. The SMILES string of the molecule is Clc1ccc([C@@H]2CCON2)nc1.O=C(O)C(F)(F)F. The molecule has 1 aromatic heterocycles. The van der Waals surface area contributed by atoms with Crippen molar-refractivity contribution in [3.05, 3.63) is 29.0 Å². The smallest absolute Gasteiger partial charge is 0.475 e. The molecule has 2 rings (SSSR count). The first-order valence-corrected chi connectivity index (χ1v) is 5.47. The second-order valence-electron chi connectivity index (χ2n) is 3.51. The van der Waals surface area contributed by atoms with Crippen molar-refractivity contribution in [1.82, 2.24) is 10.5 Å². The second-order valence-corrected chi connectivity index (χ2v) is 3.95. The molecule has 1 fully saturated rings. The third kappa shape index (κ3) is 5.41. The molecule has 1 aromatic rings. The van der Waals surface area contributed by atoms with Gasteiger partial charge in [0, 0.05) is 6.20 Å². The maximum Gasteiger partial charge on any atom is 0.490 e. The van der Waals surface area contributed by atoms with Crippen LogP contribution in [0.5, 0.6) is 0 Å². The Balaban J connectivity index is 0.000000224. The van der Waals surface area contributed by atoms with Gasteiger partial charge in [0.05, 0.1) is 23.4 Å². The Morgan fingerprint density at radius 3 is 2.53 bits per heavy atom. The molecule has 5 nitrogen and oxygen atoms in total. The molecule has 106 valence electrons. The van der Waals surface area contributed by atoms with Gasteiger partial charge in [-0.1, -0.05) is 11.6 Å². The number of aromatic nitrogens is 1. The Morgan fingerprint density at radius 1 is 1.53 bits per heavy atom. The van der Waals surface area contributed by atoms with Gasteiger partial charge >= 0.3 is 12.1 Å². The van der Waals surface area contributed by atoms with Crippen LogP contribution in [0, 0.1) is 0 Å². The van der Waals surface area contributed by atoms with E-state index in [0.29, 0.717) is 5.02 Å². The molecule has 0 bridgehead atoms. The largest absolute Gasteiger partial charge is 0.490 e. The molecule has 0 amide bonds. The number of carbonyl (C=O) groups is 1. The minimum Gasteiger partial charge on any atom is -0.475 e. The summed E-state index contributed by atoms with van der Waals surface area (Å²) in [5.41, 5.74) is 3.87. The highest BCUT2D eigenvalue weighted by molar-refractivity contribution is 6.30. The average Bonchev–Trinajstić information content (AvgIpc) is 2.83. The highest BCUT2D eigenvalue weighted by Crippen LogP contribution is 2.19. The van der Waals surface area contributed by atoms with Gasteiger partial charge in [-0.15, -0.1) is 0 Å². The maximum absolute atomic E-state index is 10.6. The van der Waals surface area contributed by atoms with Crippen molar-refractivity contribution in [2.24, 2.45) is 0 Å². The summed E-state index contributed by atoms with van der Waals surface area (Å²) in [5, 5.41) is 7.79. The van der Waals surface area contributed by atoms with Gasteiger partial charge in [0.15, 0.2) is 0 Å². The van der Waals surface area contributed by atoms with Gasteiger partial charge < -0.3 is 9.94 Å². The van der Waals surface area contributed by atoms with Crippen LogP contribution in [0.3, 0.4) is 0 Å². The maximum atomic E-state index is 10.6. The first-order chi connectivity index (χ1) is 8.80. The number of nitrogens with zero attached hydrogens (tertiary/aromatic N) is 1. The van der Waals surface area contributed by atoms with Gasteiger partial charge in [-0.3, -0.25) is 4.98 Å². The number of hydroxylamine groups is 1. The van der Waals surface area contributed by atoms with Crippen LogP contribution in [0.4, 0.5) is 13.2 Å². The van der Waals surface area contributed by atoms with Crippen molar-refractivity contribution in [1.29, 1.82) is 0 Å². The van der Waals surface area contributed by atoms with E-state index >= 15 is 0 Å². The number of rotatable bonds is 1. The summed E-state index contributed by atoms with van der Waals surface area (Å²) in [6.07, 6.45) is -2.47. The predicted molar refractivity (Wildman–Crippen MR) is 59.4 cm³/mol. The first kappa shape index (κ1) is 15.7. The van der Waals surface area contributed by atoms with E-state index in [1.165, 1.54) is 0 Å². The summed E-state index contributed by atoms with van der Waals surface area (Å²) in [5.74, 6) is -2.76. The summed E-state index contributed by atoms with van der Waals surface area (Å²) in [4.78, 5) is 18.1. The Bertz CT molecular complexity index is 419. The van der Waals surface area contributed by atoms with Crippen molar-refractivity contribution < 1.29 is 27.9 Å². The van der Waals surface area contributed by atoms with Crippen LogP contribution in [-0.4, -0.2) is 28.8 Å². The fraction of sp³-hybridized carbons (Fsp3) is 0.400. The number of aliphatic carboxylic acids is 1. The van der Waals surface area contributed by atoms with Crippen LogP contribution in [0.15, 0.2) is 18.3 Å². The molecule has 0 aromatic carbocycles. The summed E-state index contributed by atoms with van der Waals surface area (Å²) >= 11 is 5.70. The first-order valence-electron chi connectivity index (χ1n) is 5.09. The zero-order valence-corrected chi connectivity index (χ0v) is 10.2. The van der Waals surface area contributed by atoms with Crippen molar-refractivity contribution >= 4 is 17.6 Å². The fourth-order valence-corrected chi connectivity index (χ4v) is 1.31. The molecular weight excluding hydrogens is 289 g/mol. The van der Waals surface area contributed by atoms with E-state index in [2.05, 4.69) is 10.5 Å². The van der Waals surface area contributed by atoms with Crippen molar-refractivity contribution in [2.75, 3.05) is 6.61 Å². The standard InChI is InChI=1S/C8H9ClN2O.C2HF3O2/c9-6-1-2-7(10-5-6)8-3-4-12-11-8;3-2(4,5)1(6)7/h1-2,5,8,11H,3-4H2;(H,6,7)/t8-;/m0./s1. The zero-order chi connectivity index (χ0) is 14.5. The van der Waals surface area contributed by atoms with Gasteiger partial charge in [-0.2, -0.15) is 18.7 Å². The predicted octanol–water partition coefficient (Wildman–Crippen LogP) is 2.33. The number of carboxylic acids is 1. The normalized spacial score (nSPS) is 18.6. The summed E-state index contributed by atoms with van der Waals surface area (Å²) in [6, 6.07) is 3.97. The molecule has 2 heterocycles. The van der Waals surface area contributed by atoms with Gasteiger partial charge in [-0.05, 0) is 18.6 Å². The van der Waals surface area contributed by atoms with Crippen molar-refractivity contribution in [2.45, 2.75) is 18.6 Å². The molecule has 0 spiro atoms. The Kier molecular flexibility index (Phi) is 5.52. The highest BCUT2D eigenvalue weighted by atomic mass is 35.5. The third-order valence-electron chi connectivity index (χ3n) is 2.08. The molecule has 1 atom stereocenters. The fourth-order valence-electron chi connectivity index (χ4n) is 1.20. The monoisotopic (exact) mass is 298 g/mol. The summed E-state index contributed by atoms with van der Waals surface area (Å²) in [6.45, 7) is 0.745. The lowest BCUT2D eigenvalue weighted by Crippen LogP contribution is -2.21. The summed E-state index contributed by atoms with van der Waals surface area (Å²) < 4.78 is 31.7. The Hall–Kier alpha value is -1.38. The molecule has 0 unspecified atom stereocenters. The lowest BCUT2D eigenvalue weighted by atomic mass is 10.1. The van der Waals surface area contributed by atoms with Crippen molar-refractivity contribution in [3.8, 4) is 0 Å². The third-order valence-corrected chi connectivity index (χ3v) is 2.31. The number of hydrogen-bond donors (Lipinski definition) is 2.